The molecule has 0 nitrogen and oxygen atoms in total. The SMILES string of the molecule is C=CCCCCCCc1[c-]c2c(cc1)-c1ccc(CCCCCCC=C)cc1C2.C[CH-]C.[C-]1=CC=CC1.[Cl-].[Cl-].[Zr+2]. The van der Waals surface area contributed by atoms with E-state index in [1.807, 2.05) is 44.6 Å². The summed E-state index contributed by atoms with van der Waals surface area (Å²) < 4.78 is 0. The van der Waals surface area contributed by atoms with E-state index in [2.05, 4.69) is 61.7 Å². The van der Waals surface area contributed by atoms with Gasteiger partial charge in [0.25, 0.3) is 0 Å². The Morgan fingerprint density at radius 3 is 1.95 bits per heavy atom. The summed E-state index contributed by atoms with van der Waals surface area (Å²) in [4.78, 5) is 0. The molecule has 0 saturated carbocycles. The number of halogens is 2. The largest absolute Gasteiger partial charge is 2.00 e. The van der Waals surface area contributed by atoms with Crippen LogP contribution in [0, 0.1) is 18.6 Å². The molecular weight excluding hydrogens is 607 g/mol. The zero-order chi connectivity index (χ0) is 26.6. The second-order valence-electron chi connectivity index (χ2n) is 10.1. The van der Waals surface area contributed by atoms with E-state index in [0.717, 1.165) is 32.1 Å². The summed E-state index contributed by atoms with van der Waals surface area (Å²) in [5.41, 5.74) is 8.64. The van der Waals surface area contributed by atoms with Gasteiger partial charge in [0.15, 0.2) is 0 Å². The summed E-state index contributed by atoms with van der Waals surface area (Å²) in [5.74, 6) is 0. The van der Waals surface area contributed by atoms with Gasteiger partial charge in [-0.1, -0.05) is 74.4 Å². The standard InChI is InChI=1S/C29H37.C5H5.C3H7.2ClH.Zr/c1-3-5-7-9-11-13-15-24-17-19-28-26(21-24)23-27-22-25(18-20-29(27)28)16-14-12-10-8-6-4-2;1-2-4-5-3-1;1-3-2;;;/h3-4,17-21H,1-2,5-16,23H2;1-3H,4H2;3H,1-2H3;2*1H;/q3*-1;;;+2/p-2. The molecule has 3 heteroatoms. The number of unbranched alkanes of at least 4 members (excludes halogenated alkanes) is 8. The number of allylic oxidation sites excluding steroid dienone is 6. The Kier molecular flexibility index (Phi) is 27.4. The topological polar surface area (TPSA) is 0 Å². The van der Waals surface area contributed by atoms with E-state index in [0.29, 0.717) is 0 Å². The summed E-state index contributed by atoms with van der Waals surface area (Å²) >= 11 is 0. The fraction of sp³-hybridized carbons (Fsp3) is 0.432. The maximum Gasteiger partial charge on any atom is 2.00 e. The summed E-state index contributed by atoms with van der Waals surface area (Å²) in [6.07, 6.45) is 32.2. The van der Waals surface area contributed by atoms with Gasteiger partial charge in [0.2, 0.25) is 0 Å². The molecule has 0 spiro atoms. The molecule has 0 heterocycles. The minimum absolute atomic E-state index is 0. The molecule has 218 valence electrons. The van der Waals surface area contributed by atoms with Crippen LogP contribution in [-0.4, -0.2) is 0 Å². The molecule has 4 rings (SSSR count). The first-order valence-electron chi connectivity index (χ1n) is 14.6. The van der Waals surface area contributed by atoms with Crippen LogP contribution in [0.15, 0.2) is 73.9 Å². The number of benzene rings is 2. The van der Waals surface area contributed by atoms with Crippen molar-refractivity contribution in [1.82, 2.24) is 0 Å². The summed E-state index contributed by atoms with van der Waals surface area (Å²) in [5, 5.41) is 0. The number of hydrogen-bond donors (Lipinski definition) is 0. The predicted molar refractivity (Wildman–Crippen MR) is 165 cm³/mol. The molecule has 0 aromatic heterocycles. The zero-order valence-electron chi connectivity index (χ0n) is 24.9. The molecule has 40 heavy (non-hydrogen) atoms. The average molecular weight is 656 g/mol. The van der Waals surface area contributed by atoms with Gasteiger partial charge < -0.3 is 31.2 Å². The van der Waals surface area contributed by atoms with Gasteiger partial charge >= 0.3 is 26.2 Å². The van der Waals surface area contributed by atoms with Gasteiger partial charge in [-0.05, 0) is 56.1 Å². The fourth-order valence-electron chi connectivity index (χ4n) is 4.80. The molecule has 2 aliphatic rings. The second-order valence-corrected chi connectivity index (χ2v) is 10.1. The monoisotopic (exact) mass is 653 g/mol. The van der Waals surface area contributed by atoms with E-state index < -0.39 is 0 Å². The van der Waals surface area contributed by atoms with Crippen molar-refractivity contribution in [3.63, 3.8) is 0 Å². The van der Waals surface area contributed by atoms with Crippen molar-refractivity contribution in [3.8, 4) is 11.1 Å². The first-order valence-corrected chi connectivity index (χ1v) is 14.6. The third kappa shape index (κ3) is 16.3. The third-order valence-electron chi connectivity index (χ3n) is 6.73. The van der Waals surface area contributed by atoms with Gasteiger partial charge in [-0.25, -0.2) is 12.2 Å². The van der Waals surface area contributed by atoms with Gasteiger partial charge in [-0.3, -0.25) is 6.08 Å². The number of hydrogen-bond acceptors (Lipinski definition) is 0. The number of fused-ring (bicyclic) bond motifs is 3. The Bertz CT molecular complexity index is 912. The number of rotatable bonds is 14. The molecule has 2 aromatic carbocycles. The van der Waals surface area contributed by atoms with Crippen molar-refractivity contribution in [2.45, 2.75) is 104 Å². The molecular formula is C37H49Cl2Zr-3. The van der Waals surface area contributed by atoms with Crippen LogP contribution < -0.4 is 24.8 Å². The second kappa shape index (κ2) is 26.7. The van der Waals surface area contributed by atoms with Crippen molar-refractivity contribution in [1.29, 1.82) is 0 Å². The number of aryl methyl sites for hydroxylation is 2. The molecule has 0 atom stereocenters. The van der Waals surface area contributed by atoms with Gasteiger partial charge in [-0.15, -0.1) is 30.7 Å². The molecule has 2 aromatic rings. The summed E-state index contributed by atoms with van der Waals surface area (Å²) in [6, 6.07) is 15.5. The Morgan fingerprint density at radius 1 is 0.800 bits per heavy atom. The van der Waals surface area contributed by atoms with Crippen molar-refractivity contribution < 1.29 is 51.0 Å². The molecule has 0 radical (unpaired) electrons. The van der Waals surface area contributed by atoms with E-state index in [1.54, 1.807) is 0 Å². The van der Waals surface area contributed by atoms with Gasteiger partial charge in [0, 0.05) is 0 Å². The van der Waals surface area contributed by atoms with Crippen LogP contribution in [-0.2, 0) is 45.5 Å². The summed E-state index contributed by atoms with van der Waals surface area (Å²) in [7, 11) is 0. The minimum atomic E-state index is 0. The van der Waals surface area contributed by atoms with E-state index in [9.17, 15) is 0 Å². The minimum Gasteiger partial charge on any atom is -1.00 e. The van der Waals surface area contributed by atoms with E-state index >= 15 is 0 Å². The summed E-state index contributed by atoms with van der Waals surface area (Å²) in [6.45, 7) is 11.6. The zero-order valence-corrected chi connectivity index (χ0v) is 28.9. The van der Waals surface area contributed by atoms with Crippen LogP contribution in [0.3, 0.4) is 0 Å². The Labute approximate surface area is 278 Å². The van der Waals surface area contributed by atoms with Gasteiger partial charge in [-0.2, -0.15) is 43.7 Å². The average Bonchev–Trinajstić information content (AvgIpc) is 3.60. The van der Waals surface area contributed by atoms with E-state index in [4.69, 9.17) is 0 Å². The first-order chi connectivity index (χ1) is 18.2. The molecule has 0 saturated heterocycles. The maximum absolute atomic E-state index is 3.80. The van der Waals surface area contributed by atoms with Crippen LogP contribution in [0.2, 0.25) is 0 Å². The molecule has 0 N–H and O–H groups in total. The van der Waals surface area contributed by atoms with E-state index in [-0.39, 0.29) is 51.0 Å². The van der Waals surface area contributed by atoms with Crippen LogP contribution in [0.4, 0.5) is 0 Å². The fourth-order valence-corrected chi connectivity index (χ4v) is 4.80. The Hall–Kier alpha value is -1.14. The third-order valence-corrected chi connectivity index (χ3v) is 6.73. The van der Waals surface area contributed by atoms with Crippen molar-refractivity contribution in [2.24, 2.45) is 0 Å². The van der Waals surface area contributed by atoms with Crippen molar-refractivity contribution >= 4 is 0 Å². The van der Waals surface area contributed by atoms with Gasteiger partial charge in [0.1, 0.15) is 0 Å². The van der Waals surface area contributed by atoms with E-state index in [1.165, 1.54) is 91.2 Å². The van der Waals surface area contributed by atoms with Crippen molar-refractivity contribution in [2.75, 3.05) is 0 Å². The van der Waals surface area contributed by atoms with Crippen molar-refractivity contribution in [3.05, 3.63) is 115 Å². The molecule has 2 aliphatic carbocycles. The van der Waals surface area contributed by atoms with Crippen LogP contribution in [0.5, 0.6) is 0 Å². The van der Waals surface area contributed by atoms with Crippen LogP contribution in [0.25, 0.3) is 11.1 Å². The smallest absolute Gasteiger partial charge is 1.00 e. The van der Waals surface area contributed by atoms with Crippen LogP contribution in [0.1, 0.15) is 107 Å². The first kappa shape index (κ1) is 41.0. The Balaban J connectivity index is 0. The normalized spacial score (nSPS) is 11.2. The quantitative estimate of drug-likeness (QED) is 0.131. The Morgan fingerprint density at radius 2 is 1.40 bits per heavy atom. The molecule has 0 bridgehead atoms. The maximum atomic E-state index is 3.80. The molecule has 0 amide bonds. The molecule has 0 fully saturated rings. The molecule has 0 aliphatic heterocycles. The predicted octanol–water partition coefficient (Wildman–Crippen LogP) is 4.96. The van der Waals surface area contributed by atoms with Crippen LogP contribution >= 0.6 is 0 Å². The molecule has 0 unspecified atom stereocenters. The van der Waals surface area contributed by atoms with Gasteiger partial charge in [0.05, 0.1) is 0 Å².